The van der Waals surface area contributed by atoms with Crippen LogP contribution in [-0.2, 0) is 6.42 Å². The van der Waals surface area contributed by atoms with Gasteiger partial charge >= 0.3 is 0 Å². The Kier molecular flexibility index (Phi) is 5.90. The molecule has 1 amide bonds. The summed E-state index contributed by atoms with van der Waals surface area (Å²) in [5.41, 5.74) is 4.92. The molecule has 156 valence electrons. The average Bonchev–Trinajstić information content (AvgIpc) is 3.34. The molecule has 1 fully saturated rings. The molecule has 0 saturated carbocycles. The van der Waals surface area contributed by atoms with Gasteiger partial charge in [-0.15, -0.1) is 11.3 Å². The van der Waals surface area contributed by atoms with Crippen LogP contribution in [0.15, 0.2) is 24.7 Å². The van der Waals surface area contributed by atoms with Gasteiger partial charge in [0.1, 0.15) is 10.7 Å². The minimum atomic E-state index is -0.0551. The van der Waals surface area contributed by atoms with E-state index < -0.39 is 0 Å². The van der Waals surface area contributed by atoms with Gasteiger partial charge in [0.15, 0.2) is 0 Å². The lowest BCUT2D eigenvalue weighted by Crippen LogP contribution is -2.31. The standard InChI is InChI=1S/C23H27N5OS/c1-5-7-20-25-13-18(17-9-10-24-12-14(17)2)21(27-20)19-8-6-11-28(19)23(29)22-15(3)26-16(4)30-22/h9-10,12-13,19H,5-8,11H2,1-4H3/t19-/m0/s1. The number of hydrogen-bond acceptors (Lipinski definition) is 6. The predicted octanol–water partition coefficient (Wildman–Crippen LogP) is 4.85. The van der Waals surface area contributed by atoms with E-state index in [9.17, 15) is 4.79 Å². The quantitative estimate of drug-likeness (QED) is 0.589. The van der Waals surface area contributed by atoms with Crippen LogP contribution in [0.4, 0.5) is 0 Å². The Hall–Kier alpha value is -2.67. The van der Waals surface area contributed by atoms with Crippen LogP contribution in [0.2, 0.25) is 0 Å². The first-order chi connectivity index (χ1) is 14.5. The lowest BCUT2D eigenvalue weighted by atomic mass is 9.97. The van der Waals surface area contributed by atoms with Crippen molar-refractivity contribution in [3.8, 4) is 11.1 Å². The van der Waals surface area contributed by atoms with Gasteiger partial charge < -0.3 is 4.90 Å². The first-order valence-electron chi connectivity index (χ1n) is 10.5. The first kappa shape index (κ1) is 20.6. The number of thiazole rings is 1. The molecule has 3 aromatic rings. The van der Waals surface area contributed by atoms with Gasteiger partial charge in [-0.2, -0.15) is 0 Å². The molecule has 0 unspecified atom stereocenters. The zero-order valence-electron chi connectivity index (χ0n) is 18.0. The molecule has 1 aliphatic rings. The molecule has 30 heavy (non-hydrogen) atoms. The molecule has 0 aromatic carbocycles. The SMILES string of the molecule is CCCc1ncc(-c2ccncc2C)c([C@@H]2CCCN2C(=O)c2sc(C)nc2C)n1. The number of pyridine rings is 1. The summed E-state index contributed by atoms with van der Waals surface area (Å²) in [5, 5.41) is 0.923. The zero-order valence-corrected chi connectivity index (χ0v) is 18.8. The number of nitrogens with zero attached hydrogens (tertiary/aromatic N) is 5. The fourth-order valence-electron chi connectivity index (χ4n) is 4.17. The maximum absolute atomic E-state index is 13.4. The summed E-state index contributed by atoms with van der Waals surface area (Å²) in [7, 11) is 0. The molecule has 0 N–H and O–H groups in total. The molecule has 3 aromatic heterocycles. The molecule has 0 bridgehead atoms. The van der Waals surface area contributed by atoms with Crippen molar-refractivity contribution in [2.24, 2.45) is 0 Å². The second-order valence-corrected chi connectivity index (χ2v) is 9.03. The highest BCUT2D eigenvalue weighted by Crippen LogP contribution is 2.38. The molecule has 0 aliphatic carbocycles. The van der Waals surface area contributed by atoms with Gasteiger partial charge in [0.05, 0.1) is 22.4 Å². The van der Waals surface area contributed by atoms with Crippen molar-refractivity contribution < 1.29 is 4.79 Å². The molecule has 0 spiro atoms. The highest BCUT2D eigenvalue weighted by Gasteiger charge is 2.35. The lowest BCUT2D eigenvalue weighted by molar-refractivity contribution is 0.0737. The van der Waals surface area contributed by atoms with E-state index in [1.54, 1.807) is 6.20 Å². The Morgan fingerprint density at radius 3 is 2.73 bits per heavy atom. The predicted molar refractivity (Wildman–Crippen MR) is 119 cm³/mol. The minimum Gasteiger partial charge on any atom is -0.329 e. The topological polar surface area (TPSA) is 71.9 Å². The van der Waals surface area contributed by atoms with Crippen molar-refractivity contribution in [2.45, 2.75) is 59.4 Å². The van der Waals surface area contributed by atoms with Crippen LogP contribution in [0, 0.1) is 20.8 Å². The third kappa shape index (κ3) is 3.86. The van der Waals surface area contributed by atoms with Crippen LogP contribution < -0.4 is 0 Å². The Morgan fingerprint density at radius 1 is 1.20 bits per heavy atom. The van der Waals surface area contributed by atoms with Gasteiger partial charge in [-0.25, -0.2) is 15.0 Å². The summed E-state index contributed by atoms with van der Waals surface area (Å²) in [6.07, 6.45) is 9.28. The van der Waals surface area contributed by atoms with E-state index in [1.165, 1.54) is 11.3 Å². The van der Waals surface area contributed by atoms with Crippen molar-refractivity contribution in [3.63, 3.8) is 0 Å². The van der Waals surface area contributed by atoms with Crippen LogP contribution in [0.3, 0.4) is 0 Å². The van der Waals surface area contributed by atoms with Crippen LogP contribution in [0.1, 0.15) is 69.7 Å². The number of carbonyl (C=O) groups is 1. The normalized spacial score (nSPS) is 16.3. The number of aryl methyl sites for hydroxylation is 4. The summed E-state index contributed by atoms with van der Waals surface area (Å²) in [6.45, 7) is 8.78. The molecular weight excluding hydrogens is 394 g/mol. The van der Waals surface area contributed by atoms with E-state index in [-0.39, 0.29) is 11.9 Å². The number of hydrogen-bond donors (Lipinski definition) is 0. The van der Waals surface area contributed by atoms with Gasteiger partial charge in [-0.3, -0.25) is 9.78 Å². The molecule has 7 heteroatoms. The summed E-state index contributed by atoms with van der Waals surface area (Å²) < 4.78 is 0. The number of amides is 1. The summed E-state index contributed by atoms with van der Waals surface area (Å²) in [5.74, 6) is 0.903. The van der Waals surface area contributed by atoms with Crippen LogP contribution in [0.25, 0.3) is 11.1 Å². The first-order valence-corrected chi connectivity index (χ1v) is 11.3. The molecule has 4 rings (SSSR count). The van der Waals surface area contributed by atoms with Crippen LogP contribution in [0.5, 0.6) is 0 Å². The van der Waals surface area contributed by atoms with E-state index in [1.807, 2.05) is 44.1 Å². The Balaban J connectivity index is 1.79. The maximum Gasteiger partial charge on any atom is 0.266 e. The molecule has 1 aliphatic heterocycles. The van der Waals surface area contributed by atoms with Gasteiger partial charge in [0, 0.05) is 37.1 Å². The zero-order chi connectivity index (χ0) is 21.3. The molecule has 4 heterocycles. The summed E-state index contributed by atoms with van der Waals surface area (Å²) in [4.78, 5) is 34.4. The third-order valence-electron chi connectivity index (χ3n) is 5.58. The highest BCUT2D eigenvalue weighted by atomic mass is 32.1. The minimum absolute atomic E-state index is 0.0551. The number of carbonyl (C=O) groups excluding carboxylic acids is 1. The molecule has 6 nitrogen and oxygen atoms in total. The van der Waals surface area contributed by atoms with Crippen molar-refractivity contribution in [3.05, 3.63) is 57.3 Å². The number of rotatable bonds is 5. The Bertz CT molecular complexity index is 1080. The maximum atomic E-state index is 13.4. The second kappa shape index (κ2) is 8.60. The van der Waals surface area contributed by atoms with E-state index in [4.69, 9.17) is 4.98 Å². The summed E-state index contributed by atoms with van der Waals surface area (Å²) in [6, 6.07) is 1.95. The van der Waals surface area contributed by atoms with Crippen molar-refractivity contribution in [2.75, 3.05) is 6.54 Å². The Morgan fingerprint density at radius 2 is 2.03 bits per heavy atom. The molecular formula is C23H27N5OS. The van der Waals surface area contributed by atoms with Crippen molar-refractivity contribution >= 4 is 17.2 Å². The molecule has 0 radical (unpaired) electrons. The smallest absolute Gasteiger partial charge is 0.266 e. The lowest BCUT2D eigenvalue weighted by Gasteiger charge is -2.26. The van der Waals surface area contributed by atoms with Gasteiger partial charge in [-0.1, -0.05) is 6.92 Å². The third-order valence-corrected chi connectivity index (χ3v) is 6.64. The number of likely N-dealkylation sites (tertiary alicyclic amines) is 1. The molecule has 1 saturated heterocycles. The average molecular weight is 422 g/mol. The van der Waals surface area contributed by atoms with Crippen LogP contribution in [-0.4, -0.2) is 37.3 Å². The van der Waals surface area contributed by atoms with Gasteiger partial charge in [0.25, 0.3) is 5.91 Å². The van der Waals surface area contributed by atoms with Gasteiger partial charge in [0.2, 0.25) is 0 Å². The fourth-order valence-corrected chi connectivity index (χ4v) is 5.04. The monoisotopic (exact) mass is 421 g/mol. The fraction of sp³-hybridized carbons (Fsp3) is 0.435. The largest absolute Gasteiger partial charge is 0.329 e. The highest BCUT2D eigenvalue weighted by molar-refractivity contribution is 7.13. The van der Waals surface area contributed by atoms with E-state index in [0.717, 1.165) is 76.0 Å². The Labute approximate surface area is 181 Å². The second-order valence-electron chi connectivity index (χ2n) is 7.83. The van der Waals surface area contributed by atoms with E-state index in [0.29, 0.717) is 0 Å². The summed E-state index contributed by atoms with van der Waals surface area (Å²) >= 11 is 1.48. The van der Waals surface area contributed by atoms with E-state index >= 15 is 0 Å². The van der Waals surface area contributed by atoms with Crippen LogP contribution >= 0.6 is 11.3 Å². The molecule has 1 atom stereocenters. The van der Waals surface area contributed by atoms with E-state index in [2.05, 4.69) is 21.9 Å². The van der Waals surface area contributed by atoms with Crippen molar-refractivity contribution in [1.82, 2.24) is 24.8 Å². The van der Waals surface area contributed by atoms with Crippen molar-refractivity contribution in [1.29, 1.82) is 0 Å². The van der Waals surface area contributed by atoms with Gasteiger partial charge in [-0.05, 0) is 57.2 Å². The number of aromatic nitrogens is 4.